The van der Waals surface area contributed by atoms with Crippen LogP contribution in [-0.4, -0.2) is 64.9 Å². The molecule has 33 heavy (non-hydrogen) atoms. The number of aliphatic hydroxyl groups is 1. The van der Waals surface area contributed by atoms with Gasteiger partial charge < -0.3 is 25.2 Å². The smallest absolute Gasteiger partial charge is 0.407 e. The van der Waals surface area contributed by atoms with Crippen molar-refractivity contribution < 1.29 is 29.3 Å². The number of carboxylic acid groups (broad SMARTS) is 1. The van der Waals surface area contributed by atoms with Crippen LogP contribution in [0.5, 0.6) is 0 Å². The molecule has 2 atom stereocenters. The van der Waals surface area contributed by atoms with Crippen LogP contribution in [0.15, 0.2) is 48.5 Å². The zero-order chi connectivity index (χ0) is 23.6. The molecule has 2 aliphatic rings. The predicted molar refractivity (Wildman–Crippen MR) is 121 cm³/mol. The van der Waals surface area contributed by atoms with E-state index >= 15 is 0 Å². The third-order valence-electron chi connectivity index (χ3n) is 6.57. The Morgan fingerprint density at radius 2 is 1.73 bits per heavy atom. The number of nitrogens with one attached hydrogen (secondary N) is 1. The van der Waals surface area contributed by atoms with Crippen LogP contribution in [0, 0.1) is 5.92 Å². The number of rotatable bonds is 7. The van der Waals surface area contributed by atoms with Crippen LogP contribution in [-0.2, 0) is 14.3 Å². The molecule has 2 unspecified atom stereocenters. The van der Waals surface area contributed by atoms with Crippen LogP contribution >= 0.6 is 0 Å². The minimum absolute atomic E-state index is 0.0127. The van der Waals surface area contributed by atoms with Crippen molar-refractivity contribution in [3.8, 4) is 11.1 Å². The first-order valence-corrected chi connectivity index (χ1v) is 11.1. The Kier molecular flexibility index (Phi) is 6.37. The number of carbonyl (C=O) groups excluding carboxylic acids is 2. The summed E-state index contributed by atoms with van der Waals surface area (Å²) in [6.07, 6.45) is -0.151. The summed E-state index contributed by atoms with van der Waals surface area (Å²) >= 11 is 0. The molecule has 2 aromatic carbocycles. The fourth-order valence-electron chi connectivity index (χ4n) is 4.63. The number of amides is 2. The zero-order valence-corrected chi connectivity index (χ0v) is 18.5. The molecule has 0 bridgehead atoms. The number of aliphatic carboxylic acids is 1. The molecular formula is C25H28N2O6. The van der Waals surface area contributed by atoms with Gasteiger partial charge in [0.1, 0.15) is 6.61 Å². The van der Waals surface area contributed by atoms with E-state index in [2.05, 4.69) is 29.6 Å². The van der Waals surface area contributed by atoms with E-state index in [1.165, 1.54) is 4.90 Å². The Balaban J connectivity index is 1.25. The van der Waals surface area contributed by atoms with Gasteiger partial charge in [0, 0.05) is 31.3 Å². The van der Waals surface area contributed by atoms with Gasteiger partial charge in [0.05, 0.1) is 6.54 Å². The Morgan fingerprint density at radius 3 is 2.30 bits per heavy atom. The summed E-state index contributed by atoms with van der Waals surface area (Å²) in [5.74, 6) is -1.99. The van der Waals surface area contributed by atoms with E-state index in [0.29, 0.717) is 6.42 Å². The number of ether oxygens (including phenoxy) is 1. The number of alkyl carbamates (subject to hydrolysis) is 1. The van der Waals surface area contributed by atoms with E-state index < -0.39 is 23.6 Å². The highest BCUT2D eigenvalue weighted by Gasteiger charge is 2.45. The molecule has 0 aromatic heterocycles. The molecule has 4 rings (SSSR count). The van der Waals surface area contributed by atoms with E-state index in [1.807, 2.05) is 24.3 Å². The lowest BCUT2D eigenvalue weighted by atomic mass is 9.98. The molecule has 1 fully saturated rings. The highest BCUT2D eigenvalue weighted by molar-refractivity contribution is 5.83. The van der Waals surface area contributed by atoms with Crippen molar-refractivity contribution in [1.82, 2.24) is 10.2 Å². The van der Waals surface area contributed by atoms with Gasteiger partial charge in [-0.25, -0.2) is 9.59 Å². The maximum absolute atomic E-state index is 12.5. The molecular weight excluding hydrogens is 424 g/mol. The van der Waals surface area contributed by atoms with E-state index in [1.54, 1.807) is 6.92 Å². The first kappa shape index (κ1) is 22.8. The van der Waals surface area contributed by atoms with Crippen molar-refractivity contribution >= 4 is 18.0 Å². The van der Waals surface area contributed by atoms with Crippen molar-refractivity contribution in [1.29, 1.82) is 0 Å². The Morgan fingerprint density at radius 1 is 1.12 bits per heavy atom. The summed E-state index contributed by atoms with van der Waals surface area (Å²) in [7, 11) is 0. The third-order valence-corrected chi connectivity index (χ3v) is 6.57. The second-order valence-corrected chi connectivity index (χ2v) is 8.79. The van der Waals surface area contributed by atoms with Crippen molar-refractivity contribution in [2.75, 3.05) is 26.2 Å². The molecule has 0 radical (unpaired) electrons. The largest absolute Gasteiger partial charge is 0.479 e. The van der Waals surface area contributed by atoms with Gasteiger partial charge in [-0.2, -0.15) is 0 Å². The lowest BCUT2D eigenvalue weighted by Gasteiger charge is -2.22. The van der Waals surface area contributed by atoms with Gasteiger partial charge in [-0.1, -0.05) is 55.5 Å². The molecule has 8 nitrogen and oxygen atoms in total. The topological polar surface area (TPSA) is 116 Å². The van der Waals surface area contributed by atoms with Crippen molar-refractivity contribution in [3.05, 3.63) is 59.7 Å². The number of nitrogens with zero attached hydrogens (tertiary/aromatic N) is 1. The predicted octanol–water partition coefficient (Wildman–Crippen LogP) is 2.60. The Bertz CT molecular complexity index is 1020. The van der Waals surface area contributed by atoms with Gasteiger partial charge in [0.15, 0.2) is 5.60 Å². The normalized spacial score (nSPS) is 20.1. The fourth-order valence-corrected chi connectivity index (χ4v) is 4.63. The van der Waals surface area contributed by atoms with Gasteiger partial charge in [-0.05, 0) is 28.7 Å². The molecule has 8 heteroatoms. The zero-order valence-electron chi connectivity index (χ0n) is 18.5. The van der Waals surface area contributed by atoms with Gasteiger partial charge >= 0.3 is 12.1 Å². The van der Waals surface area contributed by atoms with Crippen molar-refractivity contribution in [3.63, 3.8) is 0 Å². The maximum atomic E-state index is 12.5. The summed E-state index contributed by atoms with van der Waals surface area (Å²) in [5, 5.41) is 21.8. The second kappa shape index (κ2) is 9.23. The van der Waals surface area contributed by atoms with Crippen LogP contribution in [0.3, 0.4) is 0 Å². The SMILES string of the molecule is CC(CCNC(=O)OCC1c2ccccc2-c2ccccc21)C(=O)N1CCC(O)(C(=O)O)C1. The van der Waals surface area contributed by atoms with E-state index in [-0.39, 0.29) is 44.5 Å². The van der Waals surface area contributed by atoms with E-state index in [0.717, 1.165) is 22.3 Å². The number of hydrogen-bond donors (Lipinski definition) is 3. The number of hydrogen-bond acceptors (Lipinski definition) is 5. The molecule has 3 N–H and O–H groups in total. The molecule has 0 saturated carbocycles. The molecule has 174 valence electrons. The van der Waals surface area contributed by atoms with Crippen LogP contribution in [0.1, 0.15) is 36.8 Å². The lowest BCUT2D eigenvalue weighted by Crippen LogP contribution is -2.43. The van der Waals surface area contributed by atoms with Gasteiger partial charge in [-0.15, -0.1) is 0 Å². The number of likely N-dealkylation sites (tertiary alicyclic amines) is 1. The van der Waals surface area contributed by atoms with Gasteiger partial charge in [0.25, 0.3) is 0 Å². The number of β-amino-alcohol motifs (C(OH)–C–C–N with tert-alkyl or cyclic N) is 1. The maximum Gasteiger partial charge on any atom is 0.407 e. The summed E-state index contributed by atoms with van der Waals surface area (Å²) in [6.45, 7) is 2.17. The Labute approximate surface area is 192 Å². The molecule has 1 aliphatic heterocycles. The highest BCUT2D eigenvalue weighted by atomic mass is 16.5. The number of carbonyl (C=O) groups is 3. The summed E-state index contributed by atoms with van der Waals surface area (Å²) in [6, 6.07) is 16.2. The van der Waals surface area contributed by atoms with Crippen LogP contribution in [0.2, 0.25) is 0 Å². The summed E-state index contributed by atoms with van der Waals surface area (Å²) in [5.41, 5.74) is 2.71. The lowest BCUT2D eigenvalue weighted by molar-refractivity contribution is -0.157. The Hall–Kier alpha value is -3.39. The standard InChI is InChI=1S/C25H28N2O6/c1-16(22(28)27-13-11-25(32,15-27)23(29)30)10-12-26-24(31)33-14-21-19-8-4-2-6-17(19)18-7-3-5-9-20(18)21/h2-9,16,21,32H,10-15H2,1H3,(H,26,31)(H,29,30). The molecule has 1 aliphatic carbocycles. The number of fused-ring (bicyclic) bond motifs is 3. The molecule has 1 heterocycles. The van der Waals surface area contributed by atoms with Gasteiger partial charge in [0.2, 0.25) is 5.91 Å². The number of benzene rings is 2. The number of carboxylic acids is 1. The average molecular weight is 453 g/mol. The monoisotopic (exact) mass is 452 g/mol. The van der Waals surface area contributed by atoms with E-state index in [9.17, 15) is 19.5 Å². The third kappa shape index (κ3) is 4.57. The summed E-state index contributed by atoms with van der Waals surface area (Å²) in [4.78, 5) is 37.3. The quantitative estimate of drug-likeness (QED) is 0.595. The van der Waals surface area contributed by atoms with Crippen molar-refractivity contribution in [2.45, 2.75) is 31.3 Å². The highest BCUT2D eigenvalue weighted by Crippen LogP contribution is 2.44. The minimum Gasteiger partial charge on any atom is -0.479 e. The first-order chi connectivity index (χ1) is 15.8. The summed E-state index contributed by atoms with van der Waals surface area (Å²) < 4.78 is 5.49. The van der Waals surface area contributed by atoms with Crippen LogP contribution in [0.4, 0.5) is 4.79 Å². The molecule has 1 saturated heterocycles. The van der Waals surface area contributed by atoms with Crippen molar-refractivity contribution in [2.24, 2.45) is 5.92 Å². The molecule has 2 aromatic rings. The molecule has 2 amide bonds. The van der Waals surface area contributed by atoms with Crippen LogP contribution < -0.4 is 5.32 Å². The van der Waals surface area contributed by atoms with Gasteiger partial charge in [-0.3, -0.25) is 4.79 Å². The van der Waals surface area contributed by atoms with E-state index in [4.69, 9.17) is 9.84 Å². The first-order valence-electron chi connectivity index (χ1n) is 11.1. The van der Waals surface area contributed by atoms with Crippen LogP contribution in [0.25, 0.3) is 11.1 Å². The molecule has 0 spiro atoms. The average Bonchev–Trinajstić information content (AvgIpc) is 3.36. The second-order valence-electron chi connectivity index (χ2n) is 8.79. The minimum atomic E-state index is -1.88. The fraction of sp³-hybridized carbons (Fsp3) is 0.400.